The van der Waals surface area contributed by atoms with Crippen molar-refractivity contribution in [1.29, 1.82) is 0 Å². The van der Waals surface area contributed by atoms with Crippen LogP contribution in [0.15, 0.2) is 11.1 Å². The summed E-state index contributed by atoms with van der Waals surface area (Å²) in [5.74, 6) is -0.384. The number of rotatable bonds is 5. The van der Waals surface area contributed by atoms with Crippen molar-refractivity contribution in [3.8, 4) is 0 Å². The van der Waals surface area contributed by atoms with Crippen molar-refractivity contribution >= 4 is 23.4 Å². The zero-order valence-electron chi connectivity index (χ0n) is 10.3. The van der Waals surface area contributed by atoms with E-state index in [0.29, 0.717) is 6.29 Å². The second kappa shape index (κ2) is 6.69. The van der Waals surface area contributed by atoms with Gasteiger partial charge in [-0.25, -0.2) is 9.37 Å². The summed E-state index contributed by atoms with van der Waals surface area (Å²) in [5, 5.41) is 0. The molecule has 0 bridgehead atoms. The molecular formula is C10H11FIrN5O3-. The maximum absolute atomic E-state index is 14.1. The smallest absolute Gasteiger partial charge is 0.222 e. The van der Waals surface area contributed by atoms with Gasteiger partial charge in [0.1, 0.15) is 17.9 Å². The molecule has 2 rings (SSSR count). The van der Waals surface area contributed by atoms with Crippen LogP contribution in [-0.4, -0.2) is 39.0 Å². The molecule has 2 aromatic rings. The van der Waals surface area contributed by atoms with Gasteiger partial charge < -0.3 is 25.2 Å². The average molecular weight is 460 g/mol. The minimum atomic E-state index is -1.63. The molecule has 0 amide bonds. The zero-order valence-corrected chi connectivity index (χ0v) is 12.7. The predicted octanol–water partition coefficient (Wildman–Crippen LogP) is 0.873. The van der Waals surface area contributed by atoms with Crippen molar-refractivity contribution in [2.24, 2.45) is 0 Å². The number of ether oxygens (including phenoxy) is 1. The standard InChI is InChI=1S/C10H12FN5O3.Ir/c1-19-5(3-17)2-6(11)16-4-13-7-8(16)14-10(12)15-9(7)18;/h3-6H,2H2,1H3,(H3,12,14,15,18);/p-1. The number of halogens is 1. The minimum absolute atomic E-state index is 0. The van der Waals surface area contributed by atoms with Crippen LogP contribution in [0.25, 0.3) is 16.9 Å². The van der Waals surface area contributed by atoms with Crippen LogP contribution >= 0.6 is 0 Å². The Balaban J connectivity index is 0.00000200. The van der Waals surface area contributed by atoms with Gasteiger partial charge >= 0.3 is 0 Å². The van der Waals surface area contributed by atoms with E-state index in [-0.39, 0.29) is 43.6 Å². The number of nitrogens with zero attached hydrogens (tertiary/aromatic N) is 3. The summed E-state index contributed by atoms with van der Waals surface area (Å²) in [6, 6.07) is 0. The normalized spacial score (nSPS) is 13.7. The van der Waals surface area contributed by atoms with Gasteiger partial charge in [-0.05, 0) is 0 Å². The summed E-state index contributed by atoms with van der Waals surface area (Å²) in [7, 11) is 1.29. The first-order chi connectivity index (χ1) is 9.06. The van der Waals surface area contributed by atoms with Gasteiger partial charge in [-0.3, -0.25) is 9.36 Å². The first-order valence-corrected chi connectivity index (χ1v) is 5.37. The minimum Gasteiger partial charge on any atom is -0.411 e. The maximum Gasteiger partial charge on any atom is 0.222 e. The van der Waals surface area contributed by atoms with E-state index in [0.717, 1.165) is 10.9 Å². The molecule has 0 aliphatic carbocycles. The largest absolute Gasteiger partial charge is 0.411 e. The Morgan fingerprint density at radius 2 is 2.35 bits per heavy atom. The Labute approximate surface area is 125 Å². The number of carbonyl (C=O) groups excluding carboxylic acids is 1. The number of alkyl halides is 1. The van der Waals surface area contributed by atoms with Crippen molar-refractivity contribution in [2.75, 3.05) is 7.11 Å². The number of fused-ring (bicyclic) bond motifs is 1. The van der Waals surface area contributed by atoms with Crippen LogP contribution in [0.2, 0.25) is 0 Å². The van der Waals surface area contributed by atoms with Crippen molar-refractivity contribution in [3.05, 3.63) is 22.4 Å². The molecule has 2 unspecified atom stereocenters. The monoisotopic (exact) mass is 461 g/mol. The molecule has 2 atom stereocenters. The molecule has 2 N–H and O–H groups in total. The Morgan fingerprint density at radius 3 is 2.95 bits per heavy atom. The van der Waals surface area contributed by atoms with Crippen LogP contribution in [0.5, 0.6) is 0 Å². The molecule has 20 heavy (non-hydrogen) atoms. The molecule has 111 valence electrons. The summed E-state index contributed by atoms with van der Waals surface area (Å²) in [4.78, 5) is 31.7. The van der Waals surface area contributed by atoms with E-state index in [9.17, 15) is 14.0 Å². The number of aromatic nitrogens is 4. The van der Waals surface area contributed by atoms with Crippen LogP contribution in [-0.2, 0) is 29.6 Å². The predicted molar refractivity (Wildman–Crippen MR) is 63.8 cm³/mol. The van der Waals surface area contributed by atoms with Gasteiger partial charge in [0.25, 0.3) is 0 Å². The van der Waals surface area contributed by atoms with Crippen molar-refractivity contribution in [1.82, 2.24) is 19.5 Å². The second-order valence-corrected chi connectivity index (χ2v) is 3.82. The number of aromatic amines is 1. The van der Waals surface area contributed by atoms with Gasteiger partial charge in [-0.2, -0.15) is 0 Å². The zero-order chi connectivity index (χ0) is 14.0. The fourth-order valence-electron chi connectivity index (χ4n) is 1.64. The van der Waals surface area contributed by atoms with E-state index in [4.69, 9.17) is 10.5 Å². The van der Waals surface area contributed by atoms with Gasteiger partial charge in [0.2, 0.25) is 5.56 Å². The number of imidazole rings is 1. The summed E-state index contributed by atoms with van der Waals surface area (Å²) < 4.78 is 19.8. The first-order valence-electron chi connectivity index (χ1n) is 5.37. The molecule has 0 spiro atoms. The summed E-state index contributed by atoms with van der Waals surface area (Å²) >= 11 is 0. The Kier molecular flexibility index (Phi) is 5.49. The molecule has 0 fully saturated rings. The van der Waals surface area contributed by atoms with E-state index < -0.39 is 18.0 Å². The molecule has 8 nitrogen and oxygen atoms in total. The van der Waals surface area contributed by atoms with Crippen LogP contribution in [0.1, 0.15) is 12.7 Å². The van der Waals surface area contributed by atoms with E-state index in [1.54, 1.807) is 0 Å². The van der Waals surface area contributed by atoms with Gasteiger partial charge in [0.15, 0.2) is 6.30 Å². The van der Waals surface area contributed by atoms with E-state index in [1.165, 1.54) is 7.11 Å². The molecule has 2 aromatic heterocycles. The number of hydrogen-bond donors (Lipinski definition) is 1. The molecule has 0 aliphatic heterocycles. The summed E-state index contributed by atoms with van der Waals surface area (Å²) in [6.45, 7) is 0. The number of carbonyl (C=O) groups is 1. The van der Waals surface area contributed by atoms with Gasteiger partial charge in [-0.1, -0.05) is 0 Å². The third kappa shape index (κ3) is 3.09. The molecule has 0 saturated carbocycles. The van der Waals surface area contributed by atoms with Crippen LogP contribution in [0.3, 0.4) is 0 Å². The summed E-state index contributed by atoms with van der Waals surface area (Å²) in [5.41, 5.74) is 6.59. The van der Waals surface area contributed by atoms with Crippen molar-refractivity contribution < 1.29 is 34.0 Å². The van der Waals surface area contributed by atoms with E-state index in [2.05, 4.69) is 15.0 Å². The third-order valence-electron chi connectivity index (χ3n) is 2.62. The first kappa shape index (κ1) is 16.4. The molecule has 1 radical (unpaired) electrons. The molecule has 2 heterocycles. The molecule has 0 saturated heterocycles. The van der Waals surface area contributed by atoms with Gasteiger partial charge in [0.05, 0.1) is 12.0 Å². The van der Waals surface area contributed by atoms with Gasteiger partial charge in [0, 0.05) is 39.6 Å². The fourth-order valence-corrected chi connectivity index (χ4v) is 1.64. The number of aldehydes is 1. The number of nitrogens with one attached hydrogen (secondary N) is 2. The maximum atomic E-state index is 14.1. The Hall–Kier alpha value is -1.64. The molecule has 0 aliphatic rings. The molecule has 0 aromatic carbocycles. The van der Waals surface area contributed by atoms with Crippen LogP contribution in [0, 0.1) is 0 Å². The average Bonchev–Trinajstić information content (AvgIpc) is 2.79. The third-order valence-corrected chi connectivity index (χ3v) is 2.62. The number of hydrogen-bond acceptors (Lipinski definition) is 5. The number of H-pyrrole nitrogens is 1. The van der Waals surface area contributed by atoms with E-state index >= 15 is 0 Å². The second-order valence-electron chi connectivity index (χ2n) is 3.82. The van der Waals surface area contributed by atoms with Gasteiger partial charge in [-0.15, -0.1) is 0 Å². The Bertz CT molecular complexity index is 658. The molecular weight excluding hydrogens is 449 g/mol. The van der Waals surface area contributed by atoms with Crippen molar-refractivity contribution in [2.45, 2.75) is 18.8 Å². The van der Waals surface area contributed by atoms with Crippen molar-refractivity contribution in [3.63, 3.8) is 0 Å². The quantitative estimate of drug-likeness (QED) is 0.666. The summed E-state index contributed by atoms with van der Waals surface area (Å²) in [6.07, 6.45) is -1.16. The SMILES string of the molecule is COC(C=O)CC(F)n1cnc2c(=O)[nH]c([NH-])nc21.[Ir]. The Morgan fingerprint density at radius 1 is 1.65 bits per heavy atom. The number of methoxy groups -OCH3 is 1. The fraction of sp³-hybridized carbons (Fsp3) is 0.400. The molecule has 10 heteroatoms. The van der Waals surface area contributed by atoms with Crippen LogP contribution in [0.4, 0.5) is 10.3 Å². The van der Waals surface area contributed by atoms with Crippen LogP contribution < -0.4 is 5.56 Å². The van der Waals surface area contributed by atoms with E-state index in [1.807, 2.05) is 0 Å². The topological polar surface area (TPSA) is 114 Å².